The zero-order valence-corrected chi connectivity index (χ0v) is 11.3. The van der Waals surface area contributed by atoms with Crippen molar-refractivity contribution in [3.8, 4) is 11.8 Å². The van der Waals surface area contributed by atoms with Crippen LogP contribution in [0.1, 0.15) is 44.3 Å². The van der Waals surface area contributed by atoms with Crippen molar-refractivity contribution in [2.45, 2.75) is 40.5 Å². The Morgan fingerprint density at radius 1 is 1.56 bits per heavy atom. The molecule has 0 aliphatic heterocycles. The molecule has 1 aromatic rings. The lowest BCUT2D eigenvalue weighted by atomic mass is 10.1. The molecule has 0 fully saturated rings. The number of allylic oxidation sites excluding steroid dienone is 1. The van der Waals surface area contributed by atoms with Crippen LogP contribution in [0, 0.1) is 24.7 Å². The lowest BCUT2D eigenvalue weighted by Crippen LogP contribution is -1.81. The van der Waals surface area contributed by atoms with Crippen molar-refractivity contribution in [1.82, 2.24) is 4.98 Å². The molecule has 16 heavy (non-hydrogen) atoms. The predicted octanol–water partition coefficient (Wildman–Crippen LogP) is 4.29. The maximum atomic E-state index is 4.41. The fraction of sp³-hybridized carbons (Fsp3) is 0.500. The smallest absolute Gasteiger partial charge is 0.0901 e. The number of hydrogen-bond donors (Lipinski definition) is 0. The molecule has 1 rings (SSSR count). The molecular weight excluding hydrogens is 214 g/mol. The molecule has 2 heteroatoms. The van der Waals surface area contributed by atoms with Gasteiger partial charge >= 0.3 is 0 Å². The van der Waals surface area contributed by atoms with Crippen LogP contribution >= 0.6 is 11.3 Å². The highest BCUT2D eigenvalue weighted by Crippen LogP contribution is 2.13. The highest BCUT2D eigenvalue weighted by atomic mass is 32.1. The minimum atomic E-state index is 0.477. The van der Waals surface area contributed by atoms with Crippen molar-refractivity contribution in [2.24, 2.45) is 5.92 Å². The highest BCUT2D eigenvalue weighted by Gasteiger charge is 1.95. The number of rotatable bonds is 3. The normalized spacial score (nSPS) is 11.4. The van der Waals surface area contributed by atoms with E-state index in [0.29, 0.717) is 5.92 Å². The first-order chi connectivity index (χ1) is 7.58. The second kappa shape index (κ2) is 6.50. The summed E-state index contributed by atoms with van der Waals surface area (Å²) >= 11 is 1.69. The molecule has 0 aliphatic carbocycles. The van der Waals surface area contributed by atoms with Crippen LogP contribution in [0.3, 0.4) is 0 Å². The largest absolute Gasteiger partial charge is 0.242 e. The monoisotopic (exact) mass is 233 g/mol. The van der Waals surface area contributed by atoms with Gasteiger partial charge in [-0.25, -0.2) is 4.98 Å². The van der Waals surface area contributed by atoms with Crippen molar-refractivity contribution in [3.63, 3.8) is 0 Å². The average molecular weight is 233 g/mol. The number of thiazole rings is 1. The Morgan fingerprint density at radius 3 is 2.88 bits per heavy atom. The predicted molar refractivity (Wildman–Crippen MR) is 72.4 cm³/mol. The molecular formula is C14H19NS. The SMILES string of the molecule is CC(=Cc1csc(C)n1)CCC#CC(C)C. The molecule has 0 radical (unpaired) electrons. The molecule has 1 aromatic heterocycles. The Kier molecular flexibility index (Phi) is 5.28. The third-order valence-electron chi connectivity index (χ3n) is 2.07. The maximum absolute atomic E-state index is 4.41. The van der Waals surface area contributed by atoms with Crippen molar-refractivity contribution >= 4 is 17.4 Å². The Bertz CT molecular complexity index is 415. The van der Waals surface area contributed by atoms with Crippen LogP contribution in [0.5, 0.6) is 0 Å². The van der Waals surface area contributed by atoms with Crippen LogP contribution in [-0.2, 0) is 0 Å². The summed E-state index contributed by atoms with van der Waals surface area (Å²) in [6.07, 6.45) is 4.14. The van der Waals surface area contributed by atoms with Gasteiger partial charge in [0.15, 0.2) is 0 Å². The van der Waals surface area contributed by atoms with Crippen molar-refractivity contribution in [2.75, 3.05) is 0 Å². The Hall–Kier alpha value is -1.07. The van der Waals surface area contributed by atoms with Gasteiger partial charge in [0.2, 0.25) is 0 Å². The van der Waals surface area contributed by atoms with Gasteiger partial charge in [0, 0.05) is 17.7 Å². The van der Waals surface area contributed by atoms with Gasteiger partial charge in [-0.05, 0) is 26.3 Å². The van der Waals surface area contributed by atoms with Gasteiger partial charge < -0.3 is 0 Å². The van der Waals surface area contributed by atoms with Crippen molar-refractivity contribution < 1.29 is 0 Å². The molecule has 0 atom stereocenters. The quantitative estimate of drug-likeness (QED) is 0.709. The fourth-order valence-corrected chi connectivity index (χ4v) is 1.88. The number of nitrogens with zero attached hydrogens (tertiary/aromatic N) is 1. The first kappa shape index (κ1) is 13.0. The van der Waals surface area contributed by atoms with Crippen molar-refractivity contribution in [3.05, 3.63) is 21.7 Å². The van der Waals surface area contributed by atoms with E-state index in [4.69, 9.17) is 0 Å². The molecule has 86 valence electrons. The zero-order chi connectivity index (χ0) is 12.0. The van der Waals surface area contributed by atoms with Gasteiger partial charge in [0.25, 0.3) is 0 Å². The van der Waals surface area contributed by atoms with E-state index in [9.17, 15) is 0 Å². The van der Waals surface area contributed by atoms with Gasteiger partial charge in [0.05, 0.1) is 10.7 Å². The van der Waals surface area contributed by atoms with E-state index in [1.54, 1.807) is 11.3 Å². The second-order valence-electron chi connectivity index (χ2n) is 4.26. The third kappa shape index (κ3) is 5.14. The molecule has 0 bridgehead atoms. The molecule has 0 amide bonds. The summed E-state index contributed by atoms with van der Waals surface area (Å²) in [6.45, 7) is 8.42. The van der Waals surface area contributed by atoms with Crippen LogP contribution in [-0.4, -0.2) is 4.98 Å². The molecule has 0 saturated heterocycles. The fourth-order valence-electron chi connectivity index (χ4n) is 1.31. The maximum Gasteiger partial charge on any atom is 0.0901 e. The van der Waals surface area contributed by atoms with Crippen LogP contribution in [0.4, 0.5) is 0 Å². The van der Waals surface area contributed by atoms with E-state index in [1.165, 1.54) is 5.57 Å². The highest BCUT2D eigenvalue weighted by molar-refractivity contribution is 7.09. The minimum absolute atomic E-state index is 0.477. The lowest BCUT2D eigenvalue weighted by molar-refractivity contribution is 0.862. The minimum Gasteiger partial charge on any atom is -0.242 e. The van der Waals surface area contributed by atoms with Gasteiger partial charge in [-0.3, -0.25) is 0 Å². The molecule has 0 saturated carbocycles. The summed E-state index contributed by atoms with van der Waals surface area (Å²) in [5.41, 5.74) is 2.43. The third-order valence-corrected chi connectivity index (χ3v) is 2.86. The lowest BCUT2D eigenvalue weighted by Gasteiger charge is -1.95. The second-order valence-corrected chi connectivity index (χ2v) is 5.32. The van der Waals surface area contributed by atoms with E-state index in [2.05, 4.69) is 49.1 Å². The van der Waals surface area contributed by atoms with Crippen LogP contribution in [0.25, 0.3) is 6.08 Å². The molecule has 0 N–H and O–H groups in total. The first-order valence-electron chi connectivity index (χ1n) is 5.65. The Morgan fingerprint density at radius 2 is 2.31 bits per heavy atom. The summed E-state index contributed by atoms with van der Waals surface area (Å²) in [7, 11) is 0. The molecule has 0 aliphatic rings. The van der Waals surface area contributed by atoms with E-state index >= 15 is 0 Å². The van der Waals surface area contributed by atoms with E-state index in [1.807, 2.05) is 6.92 Å². The molecule has 1 nitrogen and oxygen atoms in total. The van der Waals surface area contributed by atoms with Crippen molar-refractivity contribution in [1.29, 1.82) is 0 Å². The Balaban J connectivity index is 2.44. The zero-order valence-electron chi connectivity index (χ0n) is 10.5. The number of aromatic nitrogens is 1. The van der Waals surface area contributed by atoms with E-state index < -0.39 is 0 Å². The summed E-state index contributed by atoms with van der Waals surface area (Å²) in [4.78, 5) is 4.41. The summed E-state index contributed by atoms with van der Waals surface area (Å²) < 4.78 is 0. The first-order valence-corrected chi connectivity index (χ1v) is 6.53. The topological polar surface area (TPSA) is 12.9 Å². The van der Waals surface area contributed by atoms with E-state index in [0.717, 1.165) is 23.5 Å². The van der Waals surface area contributed by atoms with Gasteiger partial charge in [-0.2, -0.15) is 0 Å². The van der Waals surface area contributed by atoms with Gasteiger partial charge in [0.1, 0.15) is 0 Å². The van der Waals surface area contributed by atoms with E-state index in [-0.39, 0.29) is 0 Å². The Labute approximate surface area is 103 Å². The number of aryl methyl sites for hydroxylation is 1. The summed E-state index contributed by atoms with van der Waals surface area (Å²) in [6, 6.07) is 0. The van der Waals surface area contributed by atoms with Crippen LogP contribution in [0.2, 0.25) is 0 Å². The van der Waals surface area contributed by atoms with Crippen LogP contribution in [0.15, 0.2) is 11.0 Å². The van der Waals surface area contributed by atoms with Gasteiger partial charge in [-0.1, -0.05) is 19.4 Å². The standard InChI is InChI=1S/C14H19NS/c1-11(2)7-5-6-8-12(3)9-14-10-16-13(4)15-14/h9-11H,6,8H2,1-4H3. The average Bonchev–Trinajstić information content (AvgIpc) is 2.58. The summed E-state index contributed by atoms with van der Waals surface area (Å²) in [5.74, 6) is 6.85. The van der Waals surface area contributed by atoms with Crippen LogP contribution < -0.4 is 0 Å². The molecule has 0 unspecified atom stereocenters. The molecule has 0 aromatic carbocycles. The number of hydrogen-bond acceptors (Lipinski definition) is 2. The molecule has 0 spiro atoms. The molecule has 1 heterocycles. The summed E-state index contributed by atoms with van der Waals surface area (Å²) in [5, 5.41) is 3.22. The van der Waals surface area contributed by atoms with Gasteiger partial charge in [-0.15, -0.1) is 23.2 Å².